The zero-order chi connectivity index (χ0) is 11.0. The molecular formula is C12H15ClN2. The lowest BCUT2D eigenvalue weighted by Gasteiger charge is -2.06. The lowest BCUT2D eigenvalue weighted by Crippen LogP contribution is -2.09. The van der Waals surface area contributed by atoms with E-state index < -0.39 is 0 Å². The van der Waals surface area contributed by atoms with E-state index in [9.17, 15) is 0 Å². The van der Waals surface area contributed by atoms with Gasteiger partial charge in [-0.2, -0.15) is 0 Å². The molecule has 0 aliphatic heterocycles. The molecule has 3 heteroatoms. The van der Waals surface area contributed by atoms with Crippen LogP contribution in [-0.2, 0) is 6.54 Å². The lowest BCUT2D eigenvalue weighted by atomic mass is 10.1. The van der Waals surface area contributed by atoms with Gasteiger partial charge in [-0.05, 0) is 31.0 Å². The van der Waals surface area contributed by atoms with Gasteiger partial charge in [0.25, 0.3) is 0 Å². The molecule has 15 heavy (non-hydrogen) atoms. The minimum absolute atomic E-state index is 0.648. The Morgan fingerprint density at radius 1 is 1.33 bits per heavy atom. The molecule has 2 aromatic rings. The van der Waals surface area contributed by atoms with Crippen LogP contribution < -0.4 is 5.73 Å². The summed E-state index contributed by atoms with van der Waals surface area (Å²) < 4.78 is 2.19. The van der Waals surface area contributed by atoms with Crippen LogP contribution in [0.2, 0.25) is 5.02 Å². The number of benzene rings is 1. The second-order valence-corrected chi connectivity index (χ2v) is 4.27. The van der Waals surface area contributed by atoms with Gasteiger partial charge in [0.1, 0.15) is 0 Å². The molecule has 0 bridgehead atoms. The maximum atomic E-state index is 6.12. The number of rotatable bonds is 2. The monoisotopic (exact) mass is 222 g/mol. The number of nitrogens with two attached hydrogens (primary N) is 1. The summed E-state index contributed by atoms with van der Waals surface area (Å²) >= 11 is 6.12. The van der Waals surface area contributed by atoms with Crippen LogP contribution in [0.25, 0.3) is 10.9 Å². The molecule has 1 aromatic carbocycles. The van der Waals surface area contributed by atoms with Crippen LogP contribution in [-0.4, -0.2) is 11.1 Å². The molecule has 0 unspecified atom stereocenters. The SMILES string of the molecule is Cc1cn(CCN)c2c(C)c(Cl)ccc12. The van der Waals surface area contributed by atoms with Gasteiger partial charge in [0.15, 0.2) is 0 Å². The first-order chi connectivity index (χ1) is 7.15. The second-order valence-electron chi connectivity index (χ2n) is 3.86. The van der Waals surface area contributed by atoms with Gasteiger partial charge < -0.3 is 10.3 Å². The van der Waals surface area contributed by atoms with Crippen molar-refractivity contribution in [1.82, 2.24) is 4.57 Å². The van der Waals surface area contributed by atoms with Crippen molar-refractivity contribution in [1.29, 1.82) is 0 Å². The molecule has 0 aliphatic rings. The molecule has 0 fully saturated rings. The Labute approximate surface area is 94.6 Å². The van der Waals surface area contributed by atoms with Crippen molar-refractivity contribution < 1.29 is 0 Å². The number of hydrogen-bond donors (Lipinski definition) is 1. The quantitative estimate of drug-likeness (QED) is 0.833. The standard InChI is InChI=1S/C12H15ClN2/c1-8-7-15(6-5-14)12-9(2)11(13)4-3-10(8)12/h3-4,7H,5-6,14H2,1-2H3. The summed E-state index contributed by atoms with van der Waals surface area (Å²) in [6, 6.07) is 4.03. The van der Waals surface area contributed by atoms with E-state index in [1.165, 1.54) is 16.5 Å². The minimum Gasteiger partial charge on any atom is -0.346 e. The van der Waals surface area contributed by atoms with E-state index in [4.69, 9.17) is 17.3 Å². The van der Waals surface area contributed by atoms with E-state index in [0.29, 0.717) is 6.54 Å². The maximum Gasteiger partial charge on any atom is 0.0528 e. The van der Waals surface area contributed by atoms with Gasteiger partial charge in [-0.25, -0.2) is 0 Å². The summed E-state index contributed by atoms with van der Waals surface area (Å²) in [6.45, 7) is 5.65. The summed E-state index contributed by atoms with van der Waals surface area (Å²) in [7, 11) is 0. The Morgan fingerprint density at radius 2 is 2.07 bits per heavy atom. The molecule has 0 radical (unpaired) electrons. The average molecular weight is 223 g/mol. The third-order valence-electron chi connectivity index (χ3n) is 2.80. The van der Waals surface area contributed by atoms with Crippen LogP contribution in [0.1, 0.15) is 11.1 Å². The van der Waals surface area contributed by atoms with E-state index in [1.54, 1.807) is 0 Å². The van der Waals surface area contributed by atoms with Crippen molar-refractivity contribution >= 4 is 22.5 Å². The average Bonchev–Trinajstić information content (AvgIpc) is 2.51. The predicted molar refractivity (Wildman–Crippen MR) is 65.5 cm³/mol. The fourth-order valence-electron chi connectivity index (χ4n) is 2.05. The van der Waals surface area contributed by atoms with Crippen molar-refractivity contribution in [2.45, 2.75) is 20.4 Å². The molecule has 0 spiro atoms. The van der Waals surface area contributed by atoms with E-state index >= 15 is 0 Å². The summed E-state index contributed by atoms with van der Waals surface area (Å²) in [4.78, 5) is 0. The van der Waals surface area contributed by atoms with Gasteiger partial charge in [0.2, 0.25) is 0 Å². The highest BCUT2D eigenvalue weighted by atomic mass is 35.5. The van der Waals surface area contributed by atoms with Crippen LogP contribution in [0, 0.1) is 13.8 Å². The number of nitrogens with zero attached hydrogens (tertiary/aromatic N) is 1. The second kappa shape index (κ2) is 3.87. The Balaban J connectivity index is 2.77. The van der Waals surface area contributed by atoms with Crippen LogP contribution in [0.15, 0.2) is 18.3 Å². The van der Waals surface area contributed by atoms with Crippen molar-refractivity contribution in [2.75, 3.05) is 6.54 Å². The molecule has 0 saturated heterocycles. The number of aryl methyl sites for hydroxylation is 2. The molecule has 0 aliphatic carbocycles. The molecule has 1 heterocycles. The van der Waals surface area contributed by atoms with Gasteiger partial charge in [-0.3, -0.25) is 0 Å². The van der Waals surface area contributed by atoms with Crippen LogP contribution in [0.5, 0.6) is 0 Å². The summed E-state index contributed by atoms with van der Waals surface area (Å²) in [5.74, 6) is 0. The van der Waals surface area contributed by atoms with Crippen molar-refractivity contribution in [3.05, 3.63) is 34.5 Å². The largest absolute Gasteiger partial charge is 0.346 e. The molecule has 0 saturated carbocycles. The Morgan fingerprint density at radius 3 is 2.73 bits per heavy atom. The van der Waals surface area contributed by atoms with E-state index in [0.717, 1.165) is 17.1 Å². The maximum absolute atomic E-state index is 6.12. The van der Waals surface area contributed by atoms with Crippen LogP contribution >= 0.6 is 11.6 Å². The van der Waals surface area contributed by atoms with E-state index in [-0.39, 0.29) is 0 Å². The molecule has 0 amide bonds. The Kier molecular flexibility index (Phi) is 2.72. The number of fused-ring (bicyclic) bond motifs is 1. The number of halogens is 1. The fourth-order valence-corrected chi connectivity index (χ4v) is 2.20. The van der Waals surface area contributed by atoms with Crippen molar-refractivity contribution in [2.24, 2.45) is 5.73 Å². The first kappa shape index (κ1) is 10.5. The first-order valence-corrected chi connectivity index (χ1v) is 5.47. The van der Waals surface area contributed by atoms with Gasteiger partial charge in [0, 0.05) is 29.7 Å². The highest BCUT2D eigenvalue weighted by molar-refractivity contribution is 6.32. The van der Waals surface area contributed by atoms with Crippen LogP contribution in [0.3, 0.4) is 0 Å². The van der Waals surface area contributed by atoms with E-state index in [1.807, 2.05) is 6.07 Å². The lowest BCUT2D eigenvalue weighted by molar-refractivity contribution is 0.732. The Hall–Kier alpha value is -0.990. The molecule has 0 atom stereocenters. The molecular weight excluding hydrogens is 208 g/mol. The minimum atomic E-state index is 0.648. The third-order valence-corrected chi connectivity index (χ3v) is 3.21. The Bertz CT molecular complexity index is 500. The van der Waals surface area contributed by atoms with Gasteiger partial charge in [-0.1, -0.05) is 17.7 Å². The number of aromatic nitrogens is 1. The molecule has 2 rings (SSSR count). The zero-order valence-corrected chi connectivity index (χ0v) is 9.80. The van der Waals surface area contributed by atoms with E-state index in [2.05, 4.69) is 30.7 Å². The fraction of sp³-hybridized carbons (Fsp3) is 0.333. The van der Waals surface area contributed by atoms with Crippen molar-refractivity contribution in [3.63, 3.8) is 0 Å². The highest BCUT2D eigenvalue weighted by Gasteiger charge is 2.09. The van der Waals surface area contributed by atoms with Gasteiger partial charge in [-0.15, -0.1) is 0 Å². The normalized spacial score (nSPS) is 11.2. The molecule has 1 aromatic heterocycles. The van der Waals surface area contributed by atoms with Gasteiger partial charge >= 0.3 is 0 Å². The molecule has 80 valence electrons. The molecule has 2 N–H and O–H groups in total. The highest BCUT2D eigenvalue weighted by Crippen LogP contribution is 2.28. The first-order valence-electron chi connectivity index (χ1n) is 5.09. The van der Waals surface area contributed by atoms with Crippen LogP contribution in [0.4, 0.5) is 0 Å². The van der Waals surface area contributed by atoms with Crippen molar-refractivity contribution in [3.8, 4) is 0 Å². The van der Waals surface area contributed by atoms with Gasteiger partial charge in [0.05, 0.1) is 5.52 Å². The third kappa shape index (κ3) is 1.64. The number of hydrogen-bond acceptors (Lipinski definition) is 1. The summed E-state index contributed by atoms with van der Waals surface area (Å²) in [5.41, 5.74) is 9.22. The topological polar surface area (TPSA) is 30.9 Å². The zero-order valence-electron chi connectivity index (χ0n) is 9.05. The summed E-state index contributed by atoms with van der Waals surface area (Å²) in [6.07, 6.45) is 2.14. The predicted octanol–water partition coefficient (Wildman–Crippen LogP) is 2.87. The smallest absolute Gasteiger partial charge is 0.0528 e. The summed E-state index contributed by atoms with van der Waals surface area (Å²) in [5, 5.41) is 2.09. The molecule has 2 nitrogen and oxygen atoms in total.